The van der Waals surface area contributed by atoms with Gasteiger partial charge in [-0.2, -0.15) is 5.26 Å². The molecule has 0 spiro atoms. The Balaban J connectivity index is 1.18. The summed E-state index contributed by atoms with van der Waals surface area (Å²) in [5, 5.41) is 15.8. The fourth-order valence-electron chi connectivity index (χ4n) is 8.47. The summed E-state index contributed by atoms with van der Waals surface area (Å²) in [6.45, 7) is 0. The van der Waals surface area contributed by atoms with Crippen molar-refractivity contribution in [2.75, 3.05) is 0 Å². The van der Waals surface area contributed by atoms with Crippen molar-refractivity contribution in [3.8, 4) is 56.7 Å². The first-order valence-electron chi connectivity index (χ1n) is 19.0. The molecule has 0 amide bonds. The van der Waals surface area contributed by atoms with E-state index in [9.17, 15) is 5.26 Å². The molecule has 3 heterocycles. The molecule has 0 aliphatic heterocycles. The summed E-state index contributed by atoms with van der Waals surface area (Å²) in [7, 11) is 0. The minimum atomic E-state index is 0.533. The van der Waals surface area contributed by atoms with Crippen LogP contribution in [0.4, 0.5) is 0 Å². The molecule has 0 bridgehead atoms. The number of fused-ring (bicyclic) bond motifs is 8. The van der Waals surface area contributed by atoms with E-state index in [1.54, 1.807) is 0 Å². The SMILES string of the molecule is N#Cc1cc2nc(-c3ccccc3)c(-c3ccccc3)nc2c2c(-c3ccccc3-c3ccc(-n4c5ccccc5c5ccccc54)cc3)nc3ccccc3c12. The molecule has 5 nitrogen and oxygen atoms in total. The van der Waals surface area contributed by atoms with Crippen LogP contribution in [-0.4, -0.2) is 19.5 Å². The van der Waals surface area contributed by atoms with Crippen LogP contribution in [-0.2, 0) is 0 Å². The van der Waals surface area contributed by atoms with Crippen molar-refractivity contribution in [1.29, 1.82) is 5.26 Å². The molecule has 57 heavy (non-hydrogen) atoms. The third-order valence-electron chi connectivity index (χ3n) is 11.0. The van der Waals surface area contributed by atoms with Gasteiger partial charge in [0.2, 0.25) is 0 Å². The lowest BCUT2D eigenvalue weighted by atomic mass is 9.91. The van der Waals surface area contributed by atoms with Crippen LogP contribution in [0.5, 0.6) is 0 Å². The lowest BCUT2D eigenvalue weighted by Crippen LogP contribution is -2.00. The Morgan fingerprint density at radius 2 is 0.930 bits per heavy atom. The van der Waals surface area contributed by atoms with E-state index in [-0.39, 0.29) is 0 Å². The smallest absolute Gasteiger partial charge is 0.0999 e. The van der Waals surface area contributed by atoms with Crippen LogP contribution in [0.2, 0.25) is 0 Å². The van der Waals surface area contributed by atoms with Crippen molar-refractivity contribution in [1.82, 2.24) is 19.5 Å². The lowest BCUT2D eigenvalue weighted by molar-refractivity contribution is 1.18. The fourth-order valence-corrected chi connectivity index (χ4v) is 8.47. The molecular formula is C52H31N5. The number of para-hydroxylation sites is 3. The van der Waals surface area contributed by atoms with E-state index >= 15 is 0 Å². The molecule has 0 aliphatic rings. The largest absolute Gasteiger partial charge is 0.309 e. The molecule has 264 valence electrons. The topological polar surface area (TPSA) is 67.4 Å². The zero-order valence-corrected chi connectivity index (χ0v) is 30.6. The highest BCUT2D eigenvalue weighted by molar-refractivity contribution is 6.22. The van der Waals surface area contributed by atoms with Gasteiger partial charge in [0.1, 0.15) is 0 Å². The van der Waals surface area contributed by atoms with Gasteiger partial charge in [0.05, 0.1) is 56.3 Å². The monoisotopic (exact) mass is 725 g/mol. The Morgan fingerprint density at radius 1 is 0.404 bits per heavy atom. The molecule has 8 aromatic carbocycles. The normalized spacial score (nSPS) is 11.5. The van der Waals surface area contributed by atoms with E-state index in [4.69, 9.17) is 15.0 Å². The van der Waals surface area contributed by atoms with Gasteiger partial charge >= 0.3 is 0 Å². The van der Waals surface area contributed by atoms with Crippen molar-refractivity contribution in [2.24, 2.45) is 0 Å². The molecule has 0 saturated carbocycles. The maximum Gasteiger partial charge on any atom is 0.0999 e. The Kier molecular flexibility index (Phi) is 7.48. The van der Waals surface area contributed by atoms with E-state index in [0.717, 1.165) is 72.3 Å². The van der Waals surface area contributed by atoms with E-state index < -0.39 is 0 Å². The number of pyridine rings is 1. The Bertz CT molecular complexity index is 3340. The van der Waals surface area contributed by atoms with Gasteiger partial charge in [-0.25, -0.2) is 15.0 Å². The second-order valence-corrected chi connectivity index (χ2v) is 14.2. The molecule has 0 radical (unpaired) electrons. The summed E-state index contributed by atoms with van der Waals surface area (Å²) in [5.74, 6) is 0. The van der Waals surface area contributed by atoms with Crippen molar-refractivity contribution in [2.45, 2.75) is 0 Å². The first-order chi connectivity index (χ1) is 28.2. The number of rotatable bonds is 5. The number of hydrogen-bond acceptors (Lipinski definition) is 4. The number of aromatic nitrogens is 4. The molecule has 3 aromatic heterocycles. The van der Waals surface area contributed by atoms with Crippen LogP contribution in [0, 0.1) is 11.3 Å². The first-order valence-corrected chi connectivity index (χ1v) is 19.0. The van der Waals surface area contributed by atoms with Gasteiger partial charge in [-0.1, -0.05) is 152 Å². The standard InChI is InChI=1S/C52H31N5/c53-32-36-31-44-52(56-50(35-17-5-2-6-18-35)49(55-44)34-15-3-1-4-16-34)48-47(36)42-23-9-12-24-43(42)54-51(48)41-22-8-7-19-38(41)33-27-29-37(30-28-33)57-45-25-13-10-20-39(45)40-21-11-14-26-46(40)57/h1-31H. The third kappa shape index (κ3) is 5.20. The van der Waals surface area contributed by atoms with Gasteiger partial charge < -0.3 is 4.57 Å². The van der Waals surface area contributed by atoms with Crippen molar-refractivity contribution < 1.29 is 0 Å². The second kappa shape index (κ2) is 13.1. The molecule has 0 atom stereocenters. The third-order valence-corrected chi connectivity index (χ3v) is 11.0. The summed E-state index contributed by atoms with van der Waals surface area (Å²) < 4.78 is 2.33. The van der Waals surface area contributed by atoms with Crippen molar-refractivity contribution in [3.63, 3.8) is 0 Å². The Morgan fingerprint density at radius 3 is 1.58 bits per heavy atom. The minimum absolute atomic E-state index is 0.533. The predicted molar refractivity (Wildman–Crippen MR) is 233 cm³/mol. The van der Waals surface area contributed by atoms with Crippen LogP contribution >= 0.6 is 0 Å². The molecule has 0 N–H and O–H groups in total. The average Bonchev–Trinajstić information content (AvgIpc) is 3.63. The predicted octanol–water partition coefficient (Wildman–Crippen LogP) is 13.0. The molecule has 11 rings (SSSR count). The molecule has 5 heteroatoms. The molecular weight excluding hydrogens is 695 g/mol. The number of hydrogen-bond donors (Lipinski definition) is 0. The lowest BCUT2D eigenvalue weighted by Gasteiger charge is -2.18. The van der Waals surface area contributed by atoms with Crippen LogP contribution in [0.1, 0.15) is 5.56 Å². The van der Waals surface area contributed by atoms with Crippen LogP contribution in [0.25, 0.3) is 105 Å². The van der Waals surface area contributed by atoms with Crippen molar-refractivity contribution >= 4 is 54.5 Å². The van der Waals surface area contributed by atoms with Crippen molar-refractivity contribution in [3.05, 3.63) is 194 Å². The highest BCUT2D eigenvalue weighted by Crippen LogP contribution is 2.43. The highest BCUT2D eigenvalue weighted by Gasteiger charge is 2.23. The van der Waals surface area contributed by atoms with E-state index in [1.807, 2.05) is 66.7 Å². The maximum absolute atomic E-state index is 10.8. The first kappa shape index (κ1) is 32.5. The van der Waals surface area contributed by atoms with Gasteiger partial charge in [-0.3, -0.25) is 0 Å². The molecule has 11 aromatic rings. The van der Waals surface area contributed by atoms with Crippen LogP contribution in [0.3, 0.4) is 0 Å². The highest BCUT2D eigenvalue weighted by atomic mass is 15.0. The van der Waals surface area contributed by atoms with Gasteiger partial charge in [0.15, 0.2) is 0 Å². The van der Waals surface area contributed by atoms with Crippen LogP contribution in [0.15, 0.2) is 188 Å². The second-order valence-electron chi connectivity index (χ2n) is 14.2. The number of nitrogens with zero attached hydrogens (tertiary/aromatic N) is 5. The summed E-state index contributed by atoms with van der Waals surface area (Å²) in [4.78, 5) is 16.2. The summed E-state index contributed by atoms with van der Waals surface area (Å²) in [5.41, 5.74) is 13.4. The Labute approximate surface area is 328 Å². The fraction of sp³-hybridized carbons (Fsp3) is 0. The zero-order chi connectivity index (χ0) is 37.9. The number of nitriles is 1. The maximum atomic E-state index is 10.8. The molecule has 0 fully saturated rings. The number of benzene rings is 8. The zero-order valence-electron chi connectivity index (χ0n) is 30.6. The summed E-state index contributed by atoms with van der Waals surface area (Å²) in [6.07, 6.45) is 0. The van der Waals surface area contributed by atoms with Gasteiger partial charge in [-0.05, 0) is 47.5 Å². The van der Waals surface area contributed by atoms with Gasteiger partial charge in [0, 0.05) is 49.3 Å². The van der Waals surface area contributed by atoms with Gasteiger partial charge in [0.25, 0.3) is 0 Å². The average molecular weight is 726 g/mol. The summed E-state index contributed by atoms with van der Waals surface area (Å²) in [6, 6.07) is 67.1. The quantitative estimate of drug-likeness (QED) is 0.166. The van der Waals surface area contributed by atoms with E-state index in [1.165, 1.54) is 21.8 Å². The van der Waals surface area contributed by atoms with Crippen LogP contribution < -0.4 is 0 Å². The minimum Gasteiger partial charge on any atom is -0.309 e. The summed E-state index contributed by atoms with van der Waals surface area (Å²) >= 11 is 0. The Hall–Kier alpha value is -7.94. The molecule has 0 aliphatic carbocycles. The van der Waals surface area contributed by atoms with Gasteiger partial charge in [-0.15, -0.1) is 0 Å². The molecule has 0 saturated heterocycles. The van der Waals surface area contributed by atoms with E-state index in [2.05, 4.69) is 132 Å². The van der Waals surface area contributed by atoms with E-state index in [0.29, 0.717) is 16.6 Å². The molecule has 0 unspecified atom stereocenters.